The van der Waals surface area contributed by atoms with E-state index in [-0.39, 0.29) is 17.6 Å². The monoisotopic (exact) mass is 341 g/mol. The molecular weight excluding hydrogens is 318 g/mol. The lowest BCUT2D eigenvalue weighted by molar-refractivity contribution is 0.0524. The van der Waals surface area contributed by atoms with E-state index in [0.717, 1.165) is 5.52 Å². The predicted octanol–water partition coefficient (Wildman–Crippen LogP) is 2.94. The Balaban J connectivity index is 2.83. The van der Waals surface area contributed by atoms with Gasteiger partial charge in [0.15, 0.2) is 0 Å². The zero-order valence-corrected chi connectivity index (χ0v) is 15.9. The van der Waals surface area contributed by atoms with Crippen molar-refractivity contribution in [1.82, 2.24) is 4.57 Å². The normalized spacial score (nSPS) is 11.0. The summed E-state index contributed by atoms with van der Waals surface area (Å²) in [7, 11) is -1.58. The number of hydrogen-bond acceptors (Lipinski definition) is 3. The minimum Gasteiger partial charge on any atom is -0.462 e. The van der Waals surface area contributed by atoms with Gasteiger partial charge in [-0.25, -0.2) is 4.79 Å². The Bertz CT molecular complexity index is 895. The maximum absolute atomic E-state index is 12.8. The van der Waals surface area contributed by atoms with Crippen molar-refractivity contribution in [3.8, 4) is 12.0 Å². The van der Waals surface area contributed by atoms with Gasteiger partial charge in [0, 0.05) is 24.0 Å². The lowest BCUT2D eigenvalue weighted by Gasteiger charge is -2.17. The van der Waals surface area contributed by atoms with Crippen molar-refractivity contribution in [2.24, 2.45) is 0 Å². The smallest absolute Gasteiger partial charge is 0.343 e. The Hall–Kier alpha value is -2.32. The molecule has 0 fully saturated rings. The van der Waals surface area contributed by atoms with Gasteiger partial charge in [-0.15, -0.1) is 0 Å². The Morgan fingerprint density at radius 1 is 1.25 bits per heavy atom. The van der Waals surface area contributed by atoms with Crippen molar-refractivity contribution in [2.45, 2.75) is 39.9 Å². The third kappa shape index (κ3) is 3.60. The molecule has 24 heavy (non-hydrogen) atoms. The molecule has 0 atom stereocenters. The maximum atomic E-state index is 12.8. The first-order valence-corrected chi connectivity index (χ1v) is 11.7. The van der Waals surface area contributed by atoms with E-state index in [1.807, 2.05) is 19.1 Å². The fourth-order valence-corrected chi connectivity index (χ4v) is 3.57. The van der Waals surface area contributed by atoms with Crippen LogP contribution in [0.1, 0.15) is 30.6 Å². The molecule has 1 heterocycles. The second-order valence-corrected chi connectivity index (χ2v) is 11.7. The highest BCUT2D eigenvalue weighted by atomic mass is 28.3. The van der Waals surface area contributed by atoms with Gasteiger partial charge in [-0.05, 0) is 19.1 Å². The molecule has 126 valence electrons. The molecular formula is C19H23NO3Si. The molecule has 1 aromatic heterocycles. The minimum absolute atomic E-state index is 0.0301. The average Bonchev–Trinajstić information content (AvgIpc) is 2.53. The van der Waals surface area contributed by atoms with Crippen LogP contribution >= 0.6 is 0 Å². The van der Waals surface area contributed by atoms with Crippen molar-refractivity contribution in [2.75, 3.05) is 6.61 Å². The summed E-state index contributed by atoms with van der Waals surface area (Å²) in [6.07, 6.45) is 2.18. The summed E-state index contributed by atoms with van der Waals surface area (Å²) in [5.74, 6) is 2.38. The largest absolute Gasteiger partial charge is 0.462 e. The Morgan fingerprint density at radius 3 is 2.54 bits per heavy atom. The number of esters is 1. The van der Waals surface area contributed by atoms with Crippen LogP contribution in [0.4, 0.5) is 0 Å². The zero-order chi connectivity index (χ0) is 17.9. The highest BCUT2D eigenvalue weighted by Crippen LogP contribution is 2.13. The van der Waals surface area contributed by atoms with Gasteiger partial charge in [-0.1, -0.05) is 43.7 Å². The quantitative estimate of drug-likeness (QED) is 0.490. The van der Waals surface area contributed by atoms with Gasteiger partial charge >= 0.3 is 5.97 Å². The number of carbonyl (C=O) groups excluding carboxylic acids is 1. The third-order valence-corrected chi connectivity index (χ3v) is 5.78. The predicted molar refractivity (Wildman–Crippen MR) is 101 cm³/mol. The number of nitrogens with zero attached hydrogens (tertiary/aromatic N) is 1. The average molecular weight is 341 g/mol. The summed E-state index contributed by atoms with van der Waals surface area (Å²) < 4.78 is 6.68. The first-order chi connectivity index (χ1) is 11.3. The third-order valence-electron chi connectivity index (χ3n) is 3.74. The SMILES string of the molecule is CCC#Cn1cc(C(=O)OCC)c(=O)c2cc([Si](C)(C)C)ccc21. The van der Waals surface area contributed by atoms with E-state index >= 15 is 0 Å². The van der Waals surface area contributed by atoms with E-state index in [9.17, 15) is 9.59 Å². The standard InChI is InChI=1S/C19H23NO3Si/c1-6-8-11-20-13-16(19(22)23-7-2)18(21)15-12-14(24(3,4)5)9-10-17(15)20/h9-10,12-13H,6-7H2,1-5H3. The molecule has 1 aromatic carbocycles. The molecule has 0 radical (unpaired) electrons. The number of pyridine rings is 1. The van der Waals surface area contributed by atoms with Crippen molar-refractivity contribution in [3.63, 3.8) is 0 Å². The first kappa shape index (κ1) is 18.0. The van der Waals surface area contributed by atoms with Crippen LogP contribution in [0.25, 0.3) is 10.9 Å². The Morgan fingerprint density at radius 2 is 1.96 bits per heavy atom. The fraction of sp³-hybridized carbons (Fsp3) is 0.368. The van der Waals surface area contributed by atoms with Crippen LogP contribution in [0.5, 0.6) is 0 Å². The van der Waals surface area contributed by atoms with Gasteiger partial charge in [0.1, 0.15) is 5.56 Å². The van der Waals surface area contributed by atoms with E-state index in [4.69, 9.17) is 4.74 Å². The molecule has 0 N–H and O–H groups in total. The lowest BCUT2D eigenvalue weighted by atomic mass is 10.1. The molecule has 4 nitrogen and oxygen atoms in total. The molecule has 0 saturated carbocycles. The molecule has 5 heteroatoms. The van der Waals surface area contributed by atoms with Crippen LogP contribution in [-0.2, 0) is 4.74 Å². The molecule has 0 aliphatic rings. The fourth-order valence-electron chi connectivity index (χ4n) is 2.41. The topological polar surface area (TPSA) is 48.3 Å². The number of benzene rings is 1. The molecule has 0 aliphatic heterocycles. The van der Waals surface area contributed by atoms with Crippen LogP contribution in [0.15, 0.2) is 29.2 Å². The van der Waals surface area contributed by atoms with Crippen LogP contribution < -0.4 is 10.6 Å². The number of carbonyl (C=O) groups is 1. The van der Waals surface area contributed by atoms with Crippen molar-refractivity contribution >= 4 is 30.1 Å². The Labute approximate surface area is 143 Å². The molecule has 2 aromatic rings. The highest BCUT2D eigenvalue weighted by molar-refractivity contribution is 6.88. The summed E-state index contributed by atoms with van der Waals surface area (Å²) in [5, 5.41) is 1.69. The van der Waals surface area contributed by atoms with Gasteiger partial charge in [0.2, 0.25) is 5.43 Å². The van der Waals surface area contributed by atoms with Crippen molar-refractivity contribution < 1.29 is 9.53 Å². The number of hydrogen-bond donors (Lipinski definition) is 0. The number of aromatic nitrogens is 1. The summed E-state index contributed by atoms with van der Waals surface area (Å²) in [6.45, 7) is 10.6. The van der Waals surface area contributed by atoms with Crippen molar-refractivity contribution in [3.05, 3.63) is 40.2 Å². The van der Waals surface area contributed by atoms with E-state index in [2.05, 4.69) is 37.7 Å². The van der Waals surface area contributed by atoms with E-state index < -0.39 is 14.0 Å². The molecule has 0 saturated heterocycles. The molecule has 2 rings (SSSR count). The van der Waals surface area contributed by atoms with Crippen molar-refractivity contribution in [1.29, 1.82) is 0 Å². The second kappa shape index (κ2) is 7.06. The van der Waals surface area contributed by atoms with E-state index in [1.165, 1.54) is 11.4 Å². The van der Waals surface area contributed by atoms with Gasteiger partial charge in [0.05, 0.1) is 20.2 Å². The van der Waals surface area contributed by atoms with Crippen LogP contribution in [0.3, 0.4) is 0 Å². The number of fused-ring (bicyclic) bond motifs is 1. The molecule has 0 spiro atoms. The summed E-state index contributed by atoms with van der Waals surface area (Å²) >= 11 is 0. The number of rotatable bonds is 3. The van der Waals surface area contributed by atoms with Crippen LogP contribution in [0, 0.1) is 12.0 Å². The molecule has 0 aliphatic carbocycles. The summed E-state index contributed by atoms with van der Waals surface area (Å²) in [6, 6.07) is 8.88. The van der Waals surface area contributed by atoms with Crippen LogP contribution in [-0.4, -0.2) is 25.2 Å². The number of ether oxygens (including phenoxy) is 1. The summed E-state index contributed by atoms with van der Waals surface area (Å²) in [4.78, 5) is 24.9. The lowest BCUT2D eigenvalue weighted by Crippen LogP contribution is -2.38. The summed E-state index contributed by atoms with van der Waals surface area (Å²) in [5.41, 5.74) is 0.455. The van der Waals surface area contributed by atoms with E-state index in [0.29, 0.717) is 11.8 Å². The van der Waals surface area contributed by atoms with Gasteiger partial charge in [-0.3, -0.25) is 9.36 Å². The van der Waals surface area contributed by atoms with Gasteiger partial charge < -0.3 is 4.74 Å². The molecule has 0 unspecified atom stereocenters. The minimum atomic E-state index is -1.58. The van der Waals surface area contributed by atoms with E-state index in [1.54, 1.807) is 11.5 Å². The first-order valence-electron chi connectivity index (χ1n) is 8.15. The highest BCUT2D eigenvalue weighted by Gasteiger charge is 2.20. The second-order valence-electron chi connectivity index (χ2n) is 6.59. The molecule has 0 bridgehead atoms. The zero-order valence-electron chi connectivity index (χ0n) is 14.9. The Kier molecular flexibility index (Phi) is 5.30. The van der Waals surface area contributed by atoms with Gasteiger partial charge in [-0.2, -0.15) is 0 Å². The van der Waals surface area contributed by atoms with Gasteiger partial charge in [0.25, 0.3) is 0 Å². The maximum Gasteiger partial charge on any atom is 0.343 e. The molecule has 0 amide bonds. The van der Waals surface area contributed by atoms with Crippen LogP contribution in [0.2, 0.25) is 19.6 Å².